The summed E-state index contributed by atoms with van der Waals surface area (Å²) in [5.41, 5.74) is 0.112. The molecule has 2 fully saturated rings. The van der Waals surface area contributed by atoms with Crippen molar-refractivity contribution >= 4 is 17.8 Å². The van der Waals surface area contributed by atoms with Crippen LogP contribution < -0.4 is 26.2 Å². The van der Waals surface area contributed by atoms with Gasteiger partial charge in [-0.05, 0) is 81.1 Å². The highest BCUT2D eigenvalue weighted by Crippen LogP contribution is 2.32. The van der Waals surface area contributed by atoms with Crippen molar-refractivity contribution in [3.8, 4) is 0 Å². The third kappa shape index (κ3) is 7.90. The van der Waals surface area contributed by atoms with Crippen LogP contribution in [-0.4, -0.2) is 62.3 Å². The van der Waals surface area contributed by atoms with Gasteiger partial charge in [0.2, 0.25) is 17.8 Å². The molecule has 0 aliphatic carbocycles. The maximum absolute atomic E-state index is 4.85. The van der Waals surface area contributed by atoms with E-state index >= 15 is 0 Å². The van der Waals surface area contributed by atoms with Crippen LogP contribution in [0.1, 0.15) is 81.1 Å². The topological polar surface area (TPSA) is 90.0 Å². The molecule has 3 heterocycles. The maximum Gasteiger partial charge on any atom is 0.232 e. The molecule has 0 radical (unpaired) electrons. The third-order valence-corrected chi connectivity index (χ3v) is 6.65. The minimum Gasteiger partial charge on any atom is -0.351 e. The molecule has 0 unspecified atom stereocenters. The number of rotatable bonds is 9. The SMILES string of the molecule is C=CCN(CC=C)c1nc(NC2CC(C)(C)NC(C)(C)C2)nc(NC2CC(C)(C)NC(C)(C)C2)n1. The molecule has 0 saturated carbocycles. The Morgan fingerprint density at radius 3 is 1.37 bits per heavy atom. The zero-order chi connectivity index (χ0) is 26.1. The Hall–Kier alpha value is -2.19. The van der Waals surface area contributed by atoms with Crippen molar-refractivity contribution in [1.29, 1.82) is 0 Å². The zero-order valence-electron chi connectivity index (χ0n) is 23.3. The Bertz CT molecular complexity index is 804. The summed E-state index contributed by atoms with van der Waals surface area (Å²) in [6, 6.07) is 0.515. The van der Waals surface area contributed by atoms with Gasteiger partial charge >= 0.3 is 0 Å². The van der Waals surface area contributed by atoms with E-state index in [0.29, 0.717) is 30.9 Å². The Balaban J connectivity index is 1.91. The molecule has 4 N–H and O–H groups in total. The van der Waals surface area contributed by atoms with Crippen molar-refractivity contribution in [1.82, 2.24) is 25.6 Å². The number of nitrogens with zero attached hydrogens (tertiary/aromatic N) is 4. The van der Waals surface area contributed by atoms with Crippen molar-refractivity contribution < 1.29 is 0 Å². The van der Waals surface area contributed by atoms with Crippen LogP contribution in [0.4, 0.5) is 17.8 Å². The molecule has 8 nitrogen and oxygen atoms in total. The second-order valence-corrected chi connectivity index (χ2v) is 13.0. The van der Waals surface area contributed by atoms with Crippen LogP contribution in [0.2, 0.25) is 0 Å². The van der Waals surface area contributed by atoms with Crippen LogP contribution >= 0.6 is 0 Å². The number of anilines is 3. The van der Waals surface area contributed by atoms with Crippen molar-refractivity contribution in [3.63, 3.8) is 0 Å². The van der Waals surface area contributed by atoms with Gasteiger partial charge in [-0.15, -0.1) is 13.2 Å². The van der Waals surface area contributed by atoms with Crippen LogP contribution in [0.15, 0.2) is 25.3 Å². The molecule has 2 aliphatic rings. The summed E-state index contributed by atoms with van der Waals surface area (Å²) >= 11 is 0. The summed E-state index contributed by atoms with van der Waals surface area (Å²) in [6.45, 7) is 27.1. The van der Waals surface area contributed by atoms with Crippen LogP contribution in [0, 0.1) is 0 Å². The van der Waals surface area contributed by atoms with E-state index in [9.17, 15) is 0 Å². The lowest BCUT2D eigenvalue weighted by Crippen LogP contribution is -2.60. The molecule has 0 bridgehead atoms. The molecular weight excluding hydrogens is 436 g/mol. The van der Waals surface area contributed by atoms with E-state index in [1.165, 1.54) is 0 Å². The highest BCUT2D eigenvalue weighted by molar-refractivity contribution is 5.46. The summed E-state index contributed by atoms with van der Waals surface area (Å²) in [6.07, 6.45) is 7.67. The Labute approximate surface area is 212 Å². The minimum absolute atomic E-state index is 0.0281. The fourth-order valence-electron chi connectivity index (χ4n) is 6.40. The third-order valence-electron chi connectivity index (χ3n) is 6.65. The highest BCUT2D eigenvalue weighted by atomic mass is 15.3. The monoisotopic (exact) mass is 484 g/mol. The van der Waals surface area contributed by atoms with Crippen LogP contribution in [-0.2, 0) is 0 Å². The average Bonchev–Trinajstić information content (AvgIpc) is 2.62. The predicted molar refractivity (Wildman–Crippen MR) is 148 cm³/mol. The minimum atomic E-state index is 0.0281. The molecule has 0 atom stereocenters. The zero-order valence-corrected chi connectivity index (χ0v) is 23.3. The fourth-order valence-corrected chi connectivity index (χ4v) is 6.40. The standard InChI is InChI=1S/C27H48N8/c1-11-13-35(14-12-2)23-31-21(28-19-15-24(3,4)33-25(5,6)16-19)30-22(32-23)29-20-17-26(7,8)34-27(9,10)18-20/h11-12,19-20,33-34H,1-2,13-18H2,3-10H3,(H2,28,29,30,31,32). The molecule has 1 aromatic heterocycles. The van der Waals surface area contributed by atoms with Crippen molar-refractivity contribution in [3.05, 3.63) is 25.3 Å². The Morgan fingerprint density at radius 2 is 1.06 bits per heavy atom. The first-order chi connectivity index (χ1) is 16.1. The van der Waals surface area contributed by atoms with Crippen molar-refractivity contribution in [2.24, 2.45) is 0 Å². The molecule has 0 spiro atoms. The van der Waals surface area contributed by atoms with Crippen molar-refractivity contribution in [2.75, 3.05) is 28.6 Å². The maximum atomic E-state index is 4.85. The lowest BCUT2D eigenvalue weighted by molar-refractivity contribution is 0.170. The lowest BCUT2D eigenvalue weighted by atomic mass is 9.79. The number of hydrogen-bond acceptors (Lipinski definition) is 8. The van der Waals surface area contributed by atoms with Gasteiger partial charge in [0.05, 0.1) is 0 Å². The average molecular weight is 485 g/mol. The van der Waals surface area contributed by atoms with Gasteiger partial charge in [0, 0.05) is 47.3 Å². The second-order valence-electron chi connectivity index (χ2n) is 13.0. The van der Waals surface area contributed by atoms with E-state index in [1.54, 1.807) is 0 Å². The van der Waals surface area contributed by atoms with E-state index in [0.717, 1.165) is 25.7 Å². The van der Waals surface area contributed by atoms with Gasteiger partial charge in [-0.1, -0.05) is 12.2 Å². The highest BCUT2D eigenvalue weighted by Gasteiger charge is 2.39. The number of nitrogens with one attached hydrogen (secondary N) is 4. The number of piperidine rings is 2. The van der Waals surface area contributed by atoms with Crippen LogP contribution in [0.25, 0.3) is 0 Å². The first-order valence-electron chi connectivity index (χ1n) is 13.0. The number of hydrogen-bond donors (Lipinski definition) is 4. The Morgan fingerprint density at radius 1 is 0.714 bits per heavy atom. The van der Waals surface area contributed by atoms with E-state index in [2.05, 4.69) is 94.7 Å². The molecule has 8 heteroatoms. The lowest BCUT2D eigenvalue weighted by Gasteiger charge is -2.47. The quantitative estimate of drug-likeness (QED) is 0.381. The molecule has 196 valence electrons. The van der Waals surface area contributed by atoms with Gasteiger partial charge in [0.15, 0.2) is 0 Å². The van der Waals surface area contributed by atoms with E-state index in [1.807, 2.05) is 12.2 Å². The van der Waals surface area contributed by atoms with Crippen molar-refractivity contribution in [2.45, 2.75) is 115 Å². The predicted octanol–water partition coefficient (Wildman–Crippen LogP) is 4.49. The molecule has 0 amide bonds. The summed E-state index contributed by atoms with van der Waals surface area (Å²) < 4.78 is 0. The van der Waals surface area contributed by atoms with Gasteiger partial charge in [0.25, 0.3) is 0 Å². The summed E-state index contributed by atoms with van der Waals surface area (Å²) in [5, 5.41) is 14.8. The van der Waals surface area contributed by atoms with Gasteiger partial charge in [-0.25, -0.2) is 0 Å². The van der Waals surface area contributed by atoms with E-state index in [-0.39, 0.29) is 34.2 Å². The molecule has 2 aliphatic heterocycles. The van der Waals surface area contributed by atoms with Crippen LogP contribution in [0.5, 0.6) is 0 Å². The molecule has 3 rings (SSSR count). The van der Waals surface area contributed by atoms with Gasteiger partial charge < -0.3 is 26.2 Å². The molecular formula is C27H48N8. The van der Waals surface area contributed by atoms with Gasteiger partial charge in [0.1, 0.15) is 0 Å². The normalized spacial score (nSPS) is 23.3. The molecule has 0 aromatic carbocycles. The molecule has 1 aromatic rings. The van der Waals surface area contributed by atoms with E-state index < -0.39 is 0 Å². The largest absolute Gasteiger partial charge is 0.351 e. The first kappa shape index (κ1) is 27.4. The van der Waals surface area contributed by atoms with Crippen LogP contribution in [0.3, 0.4) is 0 Å². The number of aromatic nitrogens is 3. The van der Waals surface area contributed by atoms with Gasteiger partial charge in [-0.3, -0.25) is 0 Å². The molecule has 35 heavy (non-hydrogen) atoms. The summed E-state index contributed by atoms with van der Waals surface area (Å²) in [5.74, 6) is 1.85. The first-order valence-corrected chi connectivity index (χ1v) is 13.0. The summed E-state index contributed by atoms with van der Waals surface area (Å²) in [4.78, 5) is 16.6. The van der Waals surface area contributed by atoms with E-state index in [4.69, 9.17) is 15.0 Å². The van der Waals surface area contributed by atoms with Gasteiger partial charge in [-0.2, -0.15) is 15.0 Å². The summed E-state index contributed by atoms with van der Waals surface area (Å²) in [7, 11) is 0. The fraction of sp³-hybridized carbons (Fsp3) is 0.741. The molecule has 2 saturated heterocycles. The second kappa shape index (κ2) is 10.1. The smallest absolute Gasteiger partial charge is 0.232 e. The Kier molecular flexibility index (Phi) is 7.87.